The van der Waals surface area contributed by atoms with Crippen molar-refractivity contribution in [2.24, 2.45) is 11.8 Å². The lowest BCUT2D eigenvalue weighted by Gasteiger charge is -2.37. The van der Waals surface area contributed by atoms with E-state index in [1.54, 1.807) is 0 Å². The Morgan fingerprint density at radius 3 is 2.50 bits per heavy atom. The summed E-state index contributed by atoms with van der Waals surface area (Å²) in [4.78, 5) is 20.0. The summed E-state index contributed by atoms with van der Waals surface area (Å²) in [7, 11) is 0. The van der Waals surface area contributed by atoms with Crippen molar-refractivity contribution >= 4 is 5.91 Å². The Morgan fingerprint density at radius 1 is 1.25 bits per heavy atom. The zero-order chi connectivity index (χ0) is 17.3. The first-order valence-corrected chi connectivity index (χ1v) is 8.89. The van der Waals surface area contributed by atoms with Crippen molar-refractivity contribution in [3.63, 3.8) is 0 Å². The highest BCUT2D eigenvalue weighted by molar-refractivity contribution is 5.92. The first-order chi connectivity index (χ1) is 11.5. The number of aliphatic hydroxyl groups is 1. The molecule has 2 fully saturated rings. The number of morpholine rings is 1. The van der Waals surface area contributed by atoms with Crippen molar-refractivity contribution in [2.45, 2.75) is 33.0 Å². The predicted octanol–water partition coefficient (Wildman–Crippen LogP) is 1.11. The molecule has 0 radical (unpaired) electrons. The third kappa shape index (κ3) is 3.82. The second-order valence-corrected chi connectivity index (χ2v) is 7.48. The van der Waals surface area contributed by atoms with E-state index in [2.05, 4.69) is 23.7 Å². The van der Waals surface area contributed by atoms with E-state index >= 15 is 0 Å². The molecule has 2 aliphatic rings. The van der Waals surface area contributed by atoms with Crippen LogP contribution in [0.2, 0.25) is 0 Å². The van der Waals surface area contributed by atoms with Gasteiger partial charge in [-0.2, -0.15) is 0 Å². The van der Waals surface area contributed by atoms with Gasteiger partial charge in [0.25, 0.3) is 5.91 Å². The fourth-order valence-corrected chi connectivity index (χ4v) is 4.08. The third-order valence-electron chi connectivity index (χ3n) is 5.14. The molecule has 4 atom stereocenters. The van der Waals surface area contributed by atoms with Crippen LogP contribution in [-0.4, -0.2) is 77.3 Å². The summed E-state index contributed by atoms with van der Waals surface area (Å²) in [6.07, 6.45) is 2.32. The lowest BCUT2D eigenvalue weighted by Crippen LogP contribution is -2.48. The Labute approximate surface area is 143 Å². The van der Waals surface area contributed by atoms with Crippen LogP contribution in [0.25, 0.3) is 0 Å². The van der Waals surface area contributed by atoms with Crippen LogP contribution in [0.5, 0.6) is 0 Å². The Bertz CT molecular complexity index is 564. The number of aromatic amines is 1. The molecule has 0 saturated carbocycles. The molecule has 1 aromatic rings. The number of carbonyl (C=O) groups is 1. The van der Waals surface area contributed by atoms with Crippen LogP contribution >= 0.6 is 0 Å². The minimum Gasteiger partial charge on any atom is -0.396 e. The van der Waals surface area contributed by atoms with E-state index in [9.17, 15) is 9.90 Å². The van der Waals surface area contributed by atoms with Crippen molar-refractivity contribution in [1.29, 1.82) is 0 Å². The summed E-state index contributed by atoms with van der Waals surface area (Å²) in [5, 5.41) is 9.76. The molecule has 0 spiro atoms. The number of rotatable bonds is 4. The standard InChI is InChI=1S/C18H29N3O3/c1-12-4-17(19-5-12)18(23)21-9-15(16(10-21)11-22)8-20-6-13(2)24-14(3)7-20/h4-5,13-16,19,22H,6-11H2,1-3H3/t13-,14+,15-,16-/m1/s1. The van der Waals surface area contributed by atoms with Gasteiger partial charge in [-0.25, -0.2) is 0 Å². The van der Waals surface area contributed by atoms with Crippen LogP contribution in [0.3, 0.4) is 0 Å². The van der Waals surface area contributed by atoms with E-state index in [4.69, 9.17) is 4.74 Å². The van der Waals surface area contributed by atoms with E-state index in [0.29, 0.717) is 24.7 Å². The molecule has 0 unspecified atom stereocenters. The van der Waals surface area contributed by atoms with Crippen molar-refractivity contribution in [2.75, 3.05) is 39.3 Å². The Hall–Kier alpha value is -1.37. The van der Waals surface area contributed by atoms with Crippen LogP contribution in [0.4, 0.5) is 0 Å². The van der Waals surface area contributed by atoms with E-state index < -0.39 is 0 Å². The summed E-state index contributed by atoms with van der Waals surface area (Å²) in [5.74, 6) is 0.499. The van der Waals surface area contributed by atoms with E-state index in [-0.39, 0.29) is 30.6 Å². The fourth-order valence-electron chi connectivity index (χ4n) is 4.08. The number of nitrogens with one attached hydrogen (secondary N) is 1. The quantitative estimate of drug-likeness (QED) is 0.865. The zero-order valence-electron chi connectivity index (χ0n) is 14.9. The molecule has 2 saturated heterocycles. The molecule has 6 heteroatoms. The predicted molar refractivity (Wildman–Crippen MR) is 91.9 cm³/mol. The highest BCUT2D eigenvalue weighted by Crippen LogP contribution is 2.26. The highest BCUT2D eigenvalue weighted by Gasteiger charge is 2.37. The van der Waals surface area contributed by atoms with Crippen LogP contribution in [0.1, 0.15) is 29.9 Å². The van der Waals surface area contributed by atoms with Gasteiger partial charge in [-0.1, -0.05) is 0 Å². The third-order valence-corrected chi connectivity index (χ3v) is 5.14. The number of H-pyrrole nitrogens is 1. The largest absolute Gasteiger partial charge is 0.396 e. The molecule has 0 aromatic carbocycles. The van der Waals surface area contributed by atoms with Crippen LogP contribution in [-0.2, 0) is 4.74 Å². The topological polar surface area (TPSA) is 68.8 Å². The van der Waals surface area contributed by atoms with Crippen LogP contribution in [0, 0.1) is 18.8 Å². The highest BCUT2D eigenvalue weighted by atomic mass is 16.5. The van der Waals surface area contributed by atoms with Crippen molar-refractivity contribution < 1.29 is 14.6 Å². The average molecular weight is 335 g/mol. The maximum absolute atomic E-state index is 12.6. The molecule has 2 aliphatic heterocycles. The molecule has 2 N–H and O–H groups in total. The maximum atomic E-state index is 12.6. The molecular weight excluding hydrogens is 306 g/mol. The Balaban J connectivity index is 1.63. The summed E-state index contributed by atoms with van der Waals surface area (Å²) in [5.41, 5.74) is 1.70. The van der Waals surface area contributed by atoms with E-state index in [1.165, 1.54) is 0 Å². The first kappa shape index (κ1) is 17.5. The fraction of sp³-hybridized carbons (Fsp3) is 0.722. The van der Waals surface area contributed by atoms with E-state index in [1.807, 2.05) is 24.1 Å². The normalized spacial score (nSPS) is 31.6. The number of hydrogen-bond acceptors (Lipinski definition) is 4. The number of hydrogen-bond donors (Lipinski definition) is 2. The van der Waals surface area contributed by atoms with Gasteiger partial charge in [0.05, 0.1) is 12.2 Å². The van der Waals surface area contributed by atoms with Gasteiger partial charge >= 0.3 is 0 Å². The van der Waals surface area contributed by atoms with Crippen molar-refractivity contribution in [3.8, 4) is 0 Å². The summed E-state index contributed by atoms with van der Waals surface area (Å²) in [6.45, 7) is 10.4. The van der Waals surface area contributed by atoms with Gasteiger partial charge in [0.15, 0.2) is 0 Å². The Morgan fingerprint density at radius 2 is 1.92 bits per heavy atom. The molecule has 6 nitrogen and oxygen atoms in total. The smallest absolute Gasteiger partial charge is 0.270 e. The van der Waals surface area contributed by atoms with Gasteiger partial charge in [0, 0.05) is 51.4 Å². The van der Waals surface area contributed by atoms with Gasteiger partial charge in [-0.3, -0.25) is 9.69 Å². The maximum Gasteiger partial charge on any atom is 0.270 e. The molecule has 1 aromatic heterocycles. The number of likely N-dealkylation sites (tertiary alicyclic amines) is 1. The number of amides is 1. The Kier molecular flexibility index (Phi) is 5.27. The lowest BCUT2D eigenvalue weighted by molar-refractivity contribution is -0.0726. The van der Waals surface area contributed by atoms with E-state index in [0.717, 1.165) is 25.2 Å². The molecule has 0 aliphatic carbocycles. The van der Waals surface area contributed by atoms with Gasteiger partial charge < -0.3 is 19.7 Å². The zero-order valence-corrected chi connectivity index (χ0v) is 14.9. The minimum absolute atomic E-state index is 0.0350. The lowest BCUT2D eigenvalue weighted by atomic mass is 9.96. The second-order valence-electron chi connectivity index (χ2n) is 7.48. The van der Waals surface area contributed by atoms with Gasteiger partial charge in [0.2, 0.25) is 0 Å². The number of aliphatic hydroxyl groups excluding tert-OH is 1. The minimum atomic E-state index is 0.0350. The summed E-state index contributed by atoms with van der Waals surface area (Å²) >= 11 is 0. The summed E-state index contributed by atoms with van der Waals surface area (Å²) < 4.78 is 5.79. The van der Waals surface area contributed by atoms with Gasteiger partial charge in [0.1, 0.15) is 5.69 Å². The molecule has 134 valence electrons. The average Bonchev–Trinajstić information content (AvgIpc) is 3.12. The van der Waals surface area contributed by atoms with Gasteiger partial charge in [-0.05, 0) is 38.3 Å². The summed E-state index contributed by atoms with van der Waals surface area (Å²) in [6, 6.07) is 1.88. The van der Waals surface area contributed by atoms with Crippen molar-refractivity contribution in [3.05, 3.63) is 23.5 Å². The molecule has 3 rings (SSSR count). The second kappa shape index (κ2) is 7.25. The van der Waals surface area contributed by atoms with Gasteiger partial charge in [-0.15, -0.1) is 0 Å². The molecule has 0 bridgehead atoms. The number of aryl methyl sites for hydroxylation is 1. The number of ether oxygens (including phenoxy) is 1. The molecule has 1 amide bonds. The van der Waals surface area contributed by atoms with Crippen molar-refractivity contribution in [1.82, 2.24) is 14.8 Å². The first-order valence-electron chi connectivity index (χ1n) is 8.89. The monoisotopic (exact) mass is 335 g/mol. The number of nitrogens with zero attached hydrogens (tertiary/aromatic N) is 2. The SMILES string of the molecule is Cc1c[nH]c(C(=O)N2C[C@@H](CN3C[C@@H](C)O[C@@H](C)C3)[C@@H](CO)C2)c1. The van der Waals surface area contributed by atoms with Crippen LogP contribution < -0.4 is 0 Å². The van der Waals surface area contributed by atoms with Crippen LogP contribution in [0.15, 0.2) is 12.3 Å². The number of carbonyl (C=O) groups excluding carboxylic acids is 1. The molecule has 3 heterocycles. The number of aromatic nitrogens is 1. The molecule has 24 heavy (non-hydrogen) atoms. The molecular formula is C18H29N3O3.